The molecule has 0 radical (unpaired) electrons. The number of nitro groups is 1. The summed E-state index contributed by atoms with van der Waals surface area (Å²) in [5, 5.41) is 23.3. The second-order valence-corrected chi connectivity index (χ2v) is 8.68. The summed E-state index contributed by atoms with van der Waals surface area (Å²) in [4.78, 5) is 22.3. The van der Waals surface area contributed by atoms with Crippen molar-refractivity contribution in [3.05, 3.63) is 93.5 Å². The zero-order valence-electron chi connectivity index (χ0n) is 18.6. The van der Waals surface area contributed by atoms with Gasteiger partial charge in [0.05, 0.1) is 12.0 Å². The highest BCUT2D eigenvalue weighted by Gasteiger charge is 2.28. The van der Waals surface area contributed by atoms with Crippen LogP contribution in [0.15, 0.2) is 77.2 Å². The van der Waals surface area contributed by atoms with Crippen molar-refractivity contribution in [3.63, 3.8) is 0 Å². The molecule has 0 aliphatic carbocycles. The molecule has 11 heteroatoms. The first-order valence-corrected chi connectivity index (χ1v) is 11.4. The fourth-order valence-electron chi connectivity index (χ4n) is 2.98. The van der Waals surface area contributed by atoms with Crippen molar-refractivity contribution in [1.29, 1.82) is 5.26 Å². The van der Waals surface area contributed by atoms with Crippen LogP contribution in [0.3, 0.4) is 0 Å². The predicted molar refractivity (Wildman–Crippen MR) is 127 cm³/mol. The second kappa shape index (κ2) is 10.5. The Morgan fingerprint density at radius 3 is 2.40 bits per heavy atom. The number of aryl methyl sites for hydroxylation is 1. The van der Waals surface area contributed by atoms with Gasteiger partial charge in [0.1, 0.15) is 11.6 Å². The molecule has 0 saturated carbocycles. The van der Waals surface area contributed by atoms with E-state index < -0.39 is 31.5 Å². The molecule has 0 saturated heterocycles. The van der Waals surface area contributed by atoms with Gasteiger partial charge in [0, 0.05) is 11.8 Å². The largest absolute Gasteiger partial charge is 0.493 e. The molecule has 3 aromatic rings. The SMILES string of the molecule is COc1cc(/C=C(\C#N)C(=O)Nc2ccc(C)cc2)ccc1OS(=O)(=O)c1ccccc1[N+](=O)[O-]. The van der Waals surface area contributed by atoms with E-state index in [0.717, 1.165) is 17.7 Å². The average molecular weight is 493 g/mol. The molecule has 0 bridgehead atoms. The van der Waals surface area contributed by atoms with Gasteiger partial charge in [0.15, 0.2) is 16.4 Å². The standard InChI is InChI=1S/C24H19N3O7S/c1-16-7-10-19(11-8-16)26-24(28)18(15-25)13-17-9-12-21(22(14-17)33-2)34-35(31,32)23-6-4-3-5-20(23)27(29)30/h3-14H,1-2H3,(H,26,28)/b18-13+. The van der Waals surface area contributed by atoms with Crippen molar-refractivity contribution in [2.75, 3.05) is 12.4 Å². The van der Waals surface area contributed by atoms with E-state index in [2.05, 4.69) is 5.32 Å². The Labute approximate surface area is 201 Å². The lowest BCUT2D eigenvalue weighted by Gasteiger charge is -2.12. The van der Waals surface area contributed by atoms with Crippen LogP contribution in [-0.2, 0) is 14.9 Å². The van der Waals surface area contributed by atoms with Gasteiger partial charge in [-0.15, -0.1) is 0 Å². The number of hydrogen-bond acceptors (Lipinski definition) is 8. The molecule has 1 N–H and O–H groups in total. The molecular weight excluding hydrogens is 474 g/mol. The van der Waals surface area contributed by atoms with E-state index in [1.54, 1.807) is 12.1 Å². The molecule has 178 valence electrons. The van der Waals surface area contributed by atoms with Crippen molar-refractivity contribution in [1.82, 2.24) is 0 Å². The zero-order chi connectivity index (χ0) is 25.6. The number of nitrogens with zero attached hydrogens (tertiary/aromatic N) is 2. The highest BCUT2D eigenvalue weighted by atomic mass is 32.2. The van der Waals surface area contributed by atoms with Gasteiger partial charge in [-0.25, -0.2) is 0 Å². The molecule has 0 atom stereocenters. The second-order valence-electron chi connectivity index (χ2n) is 7.16. The van der Waals surface area contributed by atoms with Crippen LogP contribution in [0.25, 0.3) is 6.08 Å². The van der Waals surface area contributed by atoms with Gasteiger partial charge in [-0.2, -0.15) is 13.7 Å². The lowest BCUT2D eigenvalue weighted by Crippen LogP contribution is -2.13. The molecule has 0 fully saturated rings. The summed E-state index contributed by atoms with van der Waals surface area (Å²) in [6.45, 7) is 1.90. The zero-order valence-corrected chi connectivity index (χ0v) is 19.4. The quantitative estimate of drug-likeness (QED) is 0.161. The number of ether oxygens (including phenoxy) is 1. The summed E-state index contributed by atoms with van der Waals surface area (Å²) < 4.78 is 35.7. The number of anilines is 1. The number of amides is 1. The number of nitro benzene ring substituents is 1. The van der Waals surface area contributed by atoms with Gasteiger partial charge in [-0.1, -0.05) is 35.9 Å². The molecule has 10 nitrogen and oxygen atoms in total. The van der Waals surface area contributed by atoms with Crippen LogP contribution in [0.2, 0.25) is 0 Å². The smallest absolute Gasteiger partial charge is 0.346 e. The van der Waals surface area contributed by atoms with Crippen LogP contribution in [0.4, 0.5) is 11.4 Å². The number of carbonyl (C=O) groups excluding carboxylic acids is 1. The minimum atomic E-state index is -4.57. The van der Waals surface area contributed by atoms with Crippen LogP contribution in [-0.4, -0.2) is 26.4 Å². The minimum Gasteiger partial charge on any atom is -0.493 e. The van der Waals surface area contributed by atoms with E-state index >= 15 is 0 Å². The lowest BCUT2D eigenvalue weighted by atomic mass is 10.1. The van der Waals surface area contributed by atoms with Gasteiger partial charge in [-0.05, 0) is 48.9 Å². The Hall–Kier alpha value is -4.69. The number of hydrogen-bond donors (Lipinski definition) is 1. The number of nitrogens with one attached hydrogen (secondary N) is 1. The van der Waals surface area contributed by atoms with E-state index in [9.17, 15) is 28.6 Å². The molecule has 1 amide bonds. The summed E-state index contributed by atoms with van der Waals surface area (Å²) in [6, 6.07) is 17.7. The van der Waals surface area contributed by atoms with Crippen LogP contribution in [0.5, 0.6) is 11.5 Å². The third kappa shape index (κ3) is 6.01. The average Bonchev–Trinajstić information content (AvgIpc) is 2.84. The van der Waals surface area contributed by atoms with E-state index in [0.29, 0.717) is 11.3 Å². The summed E-state index contributed by atoms with van der Waals surface area (Å²) in [6.07, 6.45) is 1.30. The van der Waals surface area contributed by atoms with Crippen molar-refractivity contribution in [3.8, 4) is 17.6 Å². The molecule has 0 heterocycles. The Morgan fingerprint density at radius 1 is 1.09 bits per heavy atom. The first kappa shape index (κ1) is 24.9. The Bertz CT molecular complexity index is 1460. The molecule has 3 aromatic carbocycles. The van der Waals surface area contributed by atoms with Gasteiger partial charge < -0.3 is 14.2 Å². The Morgan fingerprint density at radius 2 is 1.77 bits per heavy atom. The first-order chi connectivity index (χ1) is 16.6. The van der Waals surface area contributed by atoms with Gasteiger partial charge in [0.2, 0.25) is 0 Å². The van der Waals surface area contributed by atoms with E-state index in [-0.39, 0.29) is 17.1 Å². The van der Waals surface area contributed by atoms with Crippen molar-refractivity contribution >= 4 is 33.5 Å². The fourth-order valence-corrected chi connectivity index (χ4v) is 4.08. The highest BCUT2D eigenvalue weighted by Crippen LogP contribution is 2.33. The van der Waals surface area contributed by atoms with Crippen LogP contribution < -0.4 is 14.2 Å². The fraction of sp³-hybridized carbons (Fsp3) is 0.0833. The predicted octanol–water partition coefficient (Wildman–Crippen LogP) is 4.23. The molecule has 35 heavy (non-hydrogen) atoms. The molecule has 0 aromatic heterocycles. The molecule has 0 aliphatic heterocycles. The van der Waals surface area contributed by atoms with E-state index in [1.807, 2.05) is 25.1 Å². The van der Waals surface area contributed by atoms with Crippen LogP contribution in [0.1, 0.15) is 11.1 Å². The lowest BCUT2D eigenvalue weighted by molar-refractivity contribution is -0.387. The number of methoxy groups -OCH3 is 1. The maximum atomic E-state index is 12.7. The summed E-state index contributed by atoms with van der Waals surface area (Å²) in [5.74, 6) is -0.892. The van der Waals surface area contributed by atoms with E-state index in [1.165, 1.54) is 43.5 Å². The van der Waals surface area contributed by atoms with Gasteiger partial charge in [-0.3, -0.25) is 14.9 Å². The van der Waals surface area contributed by atoms with Crippen molar-refractivity contribution in [2.24, 2.45) is 0 Å². The number of benzene rings is 3. The van der Waals surface area contributed by atoms with Crippen molar-refractivity contribution < 1.29 is 27.1 Å². The van der Waals surface area contributed by atoms with Crippen LogP contribution >= 0.6 is 0 Å². The van der Waals surface area contributed by atoms with E-state index in [4.69, 9.17) is 8.92 Å². The summed E-state index contributed by atoms with van der Waals surface area (Å²) in [5.41, 5.74) is 1.05. The topological polar surface area (TPSA) is 149 Å². The summed E-state index contributed by atoms with van der Waals surface area (Å²) in [7, 11) is -3.30. The monoisotopic (exact) mass is 493 g/mol. The number of carbonyl (C=O) groups is 1. The van der Waals surface area contributed by atoms with Crippen LogP contribution in [0, 0.1) is 28.4 Å². The van der Waals surface area contributed by atoms with Gasteiger partial charge >= 0.3 is 10.1 Å². The van der Waals surface area contributed by atoms with Gasteiger partial charge in [0.25, 0.3) is 11.6 Å². The molecule has 3 rings (SSSR count). The maximum absolute atomic E-state index is 12.7. The Balaban J connectivity index is 1.88. The minimum absolute atomic E-state index is 0.0304. The third-order valence-electron chi connectivity index (χ3n) is 4.70. The third-order valence-corrected chi connectivity index (χ3v) is 5.99. The molecule has 0 aliphatic rings. The number of para-hydroxylation sites is 1. The summed E-state index contributed by atoms with van der Waals surface area (Å²) >= 11 is 0. The first-order valence-electron chi connectivity index (χ1n) is 10.0. The Kier molecular flexibility index (Phi) is 7.48. The number of nitriles is 1. The highest BCUT2D eigenvalue weighted by molar-refractivity contribution is 7.87. The molecule has 0 unspecified atom stereocenters. The van der Waals surface area contributed by atoms with Crippen molar-refractivity contribution in [2.45, 2.75) is 11.8 Å². The normalized spacial score (nSPS) is 11.3. The molecule has 0 spiro atoms. The number of rotatable bonds is 8. The molecular formula is C24H19N3O7S. The maximum Gasteiger partial charge on any atom is 0.346 e.